The number of benzene rings is 1. The Labute approximate surface area is 98.9 Å². The molecule has 0 saturated carbocycles. The Morgan fingerprint density at radius 3 is 2.82 bits per heavy atom. The third kappa shape index (κ3) is 1.58. The van der Waals surface area contributed by atoms with Crippen LogP contribution < -0.4 is 0 Å². The van der Waals surface area contributed by atoms with E-state index in [-0.39, 0.29) is 0 Å². The fourth-order valence-corrected chi connectivity index (χ4v) is 2.02. The van der Waals surface area contributed by atoms with Crippen molar-refractivity contribution in [1.82, 2.24) is 19.7 Å². The highest BCUT2D eigenvalue weighted by Gasteiger charge is 2.07. The first-order valence-corrected chi connectivity index (χ1v) is 5.47. The van der Waals surface area contributed by atoms with Crippen molar-refractivity contribution in [2.75, 3.05) is 0 Å². The molecular weight excluding hydrogens is 212 g/mol. The van der Waals surface area contributed by atoms with Gasteiger partial charge in [-0.2, -0.15) is 5.10 Å². The number of aryl methyl sites for hydroxylation is 2. The lowest BCUT2D eigenvalue weighted by molar-refractivity contribution is 0.882. The van der Waals surface area contributed by atoms with E-state index in [0.29, 0.717) is 0 Å². The molecule has 0 aliphatic heterocycles. The summed E-state index contributed by atoms with van der Waals surface area (Å²) in [5, 5.41) is 5.28. The number of rotatable bonds is 1. The molecule has 3 rings (SSSR count). The van der Waals surface area contributed by atoms with Crippen molar-refractivity contribution in [3.63, 3.8) is 0 Å². The molecule has 84 valence electrons. The fraction of sp³-hybridized carbons (Fsp3) is 0.154. The Bertz CT molecular complexity index is 671. The van der Waals surface area contributed by atoms with E-state index in [1.165, 1.54) is 11.9 Å². The van der Waals surface area contributed by atoms with E-state index in [4.69, 9.17) is 0 Å². The Balaban J connectivity index is 2.42. The van der Waals surface area contributed by atoms with Crippen LogP contribution in [-0.4, -0.2) is 19.7 Å². The van der Waals surface area contributed by atoms with Gasteiger partial charge in [0, 0.05) is 11.1 Å². The van der Waals surface area contributed by atoms with Gasteiger partial charge in [-0.05, 0) is 25.5 Å². The SMILES string of the molecule is Cc1cc(-n2cncn2)c2cccc(C)c2n1. The lowest BCUT2D eigenvalue weighted by Gasteiger charge is -2.08. The molecule has 4 heteroatoms. The first-order chi connectivity index (χ1) is 8.25. The van der Waals surface area contributed by atoms with Crippen molar-refractivity contribution in [3.05, 3.63) is 48.2 Å². The van der Waals surface area contributed by atoms with E-state index in [0.717, 1.165) is 22.3 Å². The number of nitrogens with zero attached hydrogens (tertiary/aromatic N) is 4. The largest absolute Gasteiger partial charge is 0.253 e. The lowest BCUT2D eigenvalue weighted by atomic mass is 10.1. The summed E-state index contributed by atoms with van der Waals surface area (Å²) in [6.07, 6.45) is 3.24. The van der Waals surface area contributed by atoms with Gasteiger partial charge in [-0.25, -0.2) is 9.67 Å². The molecule has 0 amide bonds. The van der Waals surface area contributed by atoms with Crippen LogP contribution >= 0.6 is 0 Å². The number of hydrogen-bond donors (Lipinski definition) is 0. The van der Waals surface area contributed by atoms with Gasteiger partial charge in [0.25, 0.3) is 0 Å². The lowest BCUT2D eigenvalue weighted by Crippen LogP contribution is -1.99. The third-order valence-electron chi connectivity index (χ3n) is 2.81. The number of fused-ring (bicyclic) bond motifs is 1. The van der Waals surface area contributed by atoms with Crippen LogP contribution in [0.3, 0.4) is 0 Å². The highest BCUT2D eigenvalue weighted by atomic mass is 15.3. The van der Waals surface area contributed by atoms with Crippen LogP contribution in [0, 0.1) is 13.8 Å². The molecule has 4 nitrogen and oxygen atoms in total. The van der Waals surface area contributed by atoms with E-state index in [9.17, 15) is 0 Å². The standard InChI is InChI=1S/C13H12N4/c1-9-4-3-5-11-12(17-8-14-7-15-17)6-10(2)16-13(9)11/h3-8H,1-2H3. The van der Waals surface area contributed by atoms with Gasteiger partial charge >= 0.3 is 0 Å². The van der Waals surface area contributed by atoms with Crippen LogP contribution in [0.4, 0.5) is 0 Å². The van der Waals surface area contributed by atoms with E-state index in [2.05, 4.69) is 34.1 Å². The summed E-state index contributed by atoms with van der Waals surface area (Å²) in [6.45, 7) is 4.06. The molecule has 2 heterocycles. The maximum Gasteiger partial charge on any atom is 0.138 e. The summed E-state index contributed by atoms with van der Waals surface area (Å²) in [5.41, 5.74) is 4.21. The summed E-state index contributed by atoms with van der Waals surface area (Å²) in [6, 6.07) is 8.19. The number of para-hydroxylation sites is 1. The zero-order valence-electron chi connectivity index (χ0n) is 9.75. The molecule has 0 N–H and O–H groups in total. The van der Waals surface area contributed by atoms with Crippen molar-refractivity contribution in [2.24, 2.45) is 0 Å². The molecule has 3 aromatic rings. The molecule has 2 aromatic heterocycles. The van der Waals surface area contributed by atoms with Crippen molar-refractivity contribution < 1.29 is 0 Å². The molecular formula is C13H12N4. The van der Waals surface area contributed by atoms with Crippen LogP contribution in [0.25, 0.3) is 16.6 Å². The summed E-state index contributed by atoms with van der Waals surface area (Å²) < 4.78 is 1.77. The Hall–Kier alpha value is -2.23. The van der Waals surface area contributed by atoms with E-state index in [1.807, 2.05) is 19.1 Å². The zero-order valence-corrected chi connectivity index (χ0v) is 9.75. The van der Waals surface area contributed by atoms with E-state index in [1.54, 1.807) is 11.0 Å². The molecule has 0 atom stereocenters. The second kappa shape index (κ2) is 3.66. The zero-order chi connectivity index (χ0) is 11.8. The van der Waals surface area contributed by atoms with Crippen LogP contribution in [-0.2, 0) is 0 Å². The van der Waals surface area contributed by atoms with Crippen molar-refractivity contribution in [1.29, 1.82) is 0 Å². The summed E-state index contributed by atoms with van der Waals surface area (Å²) in [5.74, 6) is 0. The third-order valence-corrected chi connectivity index (χ3v) is 2.81. The van der Waals surface area contributed by atoms with Gasteiger partial charge in [-0.15, -0.1) is 0 Å². The van der Waals surface area contributed by atoms with Gasteiger partial charge in [0.2, 0.25) is 0 Å². The van der Waals surface area contributed by atoms with Crippen LogP contribution in [0.2, 0.25) is 0 Å². The van der Waals surface area contributed by atoms with Gasteiger partial charge in [-0.3, -0.25) is 4.98 Å². The molecule has 0 fully saturated rings. The number of aromatic nitrogens is 4. The second-order valence-electron chi connectivity index (χ2n) is 4.09. The van der Waals surface area contributed by atoms with Crippen LogP contribution in [0.1, 0.15) is 11.3 Å². The minimum Gasteiger partial charge on any atom is -0.253 e. The van der Waals surface area contributed by atoms with Crippen LogP contribution in [0.15, 0.2) is 36.9 Å². The average molecular weight is 224 g/mol. The average Bonchev–Trinajstić information content (AvgIpc) is 2.83. The normalized spacial score (nSPS) is 10.9. The van der Waals surface area contributed by atoms with Crippen LogP contribution in [0.5, 0.6) is 0 Å². The predicted molar refractivity (Wildman–Crippen MR) is 66.1 cm³/mol. The van der Waals surface area contributed by atoms with E-state index >= 15 is 0 Å². The predicted octanol–water partition coefficient (Wildman–Crippen LogP) is 2.43. The maximum absolute atomic E-state index is 4.58. The first-order valence-electron chi connectivity index (χ1n) is 5.47. The minimum atomic E-state index is 0.984. The van der Waals surface area contributed by atoms with Gasteiger partial charge in [0.15, 0.2) is 0 Å². The quantitative estimate of drug-likeness (QED) is 0.637. The Morgan fingerprint density at radius 1 is 1.18 bits per heavy atom. The molecule has 0 saturated heterocycles. The second-order valence-corrected chi connectivity index (χ2v) is 4.09. The van der Waals surface area contributed by atoms with Gasteiger partial charge in [0.05, 0.1) is 11.2 Å². The Kier molecular flexibility index (Phi) is 2.14. The highest BCUT2D eigenvalue weighted by Crippen LogP contribution is 2.23. The first kappa shape index (κ1) is 9.96. The summed E-state index contributed by atoms with van der Waals surface area (Å²) >= 11 is 0. The van der Waals surface area contributed by atoms with Gasteiger partial charge < -0.3 is 0 Å². The van der Waals surface area contributed by atoms with Crippen molar-refractivity contribution in [3.8, 4) is 5.69 Å². The van der Waals surface area contributed by atoms with Crippen molar-refractivity contribution >= 4 is 10.9 Å². The van der Waals surface area contributed by atoms with Gasteiger partial charge in [-0.1, -0.05) is 18.2 Å². The summed E-state index contributed by atoms with van der Waals surface area (Å²) in [7, 11) is 0. The highest BCUT2D eigenvalue weighted by molar-refractivity contribution is 5.89. The molecule has 0 unspecified atom stereocenters. The monoisotopic (exact) mass is 224 g/mol. The Morgan fingerprint density at radius 2 is 2.06 bits per heavy atom. The molecule has 0 aliphatic carbocycles. The molecule has 1 aromatic carbocycles. The minimum absolute atomic E-state index is 0.984. The maximum atomic E-state index is 4.58. The topological polar surface area (TPSA) is 43.6 Å². The number of hydrogen-bond acceptors (Lipinski definition) is 3. The molecule has 0 aliphatic rings. The fourth-order valence-electron chi connectivity index (χ4n) is 2.02. The smallest absolute Gasteiger partial charge is 0.138 e. The van der Waals surface area contributed by atoms with Crippen molar-refractivity contribution in [2.45, 2.75) is 13.8 Å². The number of pyridine rings is 1. The molecule has 0 spiro atoms. The van der Waals surface area contributed by atoms with E-state index < -0.39 is 0 Å². The molecule has 0 bridgehead atoms. The summed E-state index contributed by atoms with van der Waals surface area (Å²) in [4.78, 5) is 8.57. The molecule has 17 heavy (non-hydrogen) atoms. The van der Waals surface area contributed by atoms with Gasteiger partial charge in [0.1, 0.15) is 12.7 Å². The molecule has 0 radical (unpaired) electrons.